The SMILES string of the molecule is CN(C)S(=O)(=O)CCNc1ccc(C#N)cn1. The van der Waals surface area contributed by atoms with Gasteiger partial charge in [-0.25, -0.2) is 17.7 Å². The Morgan fingerprint density at radius 1 is 1.47 bits per heavy atom. The van der Waals surface area contributed by atoms with Crippen LogP contribution in [0.15, 0.2) is 18.3 Å². The summed E-state index contributed by atoms with van der Waals surface area (Å²) in [7, 11) is -0.200. The summed E-state index contributed by atoms with van der Waals surface area (Å²) in [5.41, 5.74) is 0.469. The lowest BCUT2D eigenvalue weighted by molar-refractivity contribution is 0.521. The first-order valence-corrected chi connectivity index (χ1v) is 6.57. The van der Waals surface area contributed by atoms with Crippen LogP contribution in [0.3, 0.4) is 0 Å². The van der Waals surface area contributed by atoms with Gasteiger partial charge in [0, 0.05) is 26.8 Å². The molecule has 1 rings (SSSR count). The quantitative estimate of drug-likeness (QED) is 0.814. The minimum absolute atomic E-state index is 0.00167. The fourth-order valence-electron chi connectivity index (χ4n) is 1.06. The molecule has 0 atom stereocenters. The standard InChI is InChI=1S/C10H14N4O2S/c1-14(2)17(15,16)6-5-12-10-4-3-9(7-11)8-13-10/h3-4,8H,5-6H2,1-2H3,(H,12,13). The minimum Gasteiger partial charge on any atom is -0.369 e. The van der Waals surface area contributed by atoms with Gasteiger partial charge in [0.05, 0.1) is 11.3 Å². The maximum Gasteiger partial charge on any atom is 0.215 e. The van der Waals surface area contributed by atoms with Crippen molar-refractivity contribution < 1.29 is 8.42 Å². The Bertz CT molecular complexity index is 502. The second kappa shape index (κ2) is 5.61. The summed E-state index contributed by atoms with van der Waals surface area (Å²) >= 11 is 0. The van der Waals surface area contributed by atoms with Gasteiger partial charge in [-0.05, 0) is 12.1 Å². The summed E-state index contributed by atoms with van der Waals surface area (Å²) in [4.78, 5) is 3.97. The number of pyridine rings is 1. The van der Waals surface area contributed by atoms with Gasteiger partial charge in [-0.2, -0.15) is 5.26 Å². The smallest absolute Gasteiger partial charge is 0.215 e. The average molecular weight is 254 g/mol. The van der Waals surface area contributed by atoms with E-state index in [2.05, 4.69) is 10.3 Å². The zero-order chi connectivity index (χ0) is 12.9. The van der Waals surface area contributed by atoms with E-state index in [1.807, 2.05) is 6.07 Å². The lowest BCUT2D eigenvalue weighted by Gasteiger charge is -2.11. The van der Waals surface area contributed by atoms with Gasteiger partial charge in [0.1, 0.15) is 11.9 Å². The number of sulfonamides is 1. The minimum atomic E-state index is -3.19. The monoisotopic (exact) mass is 254 g/mol. The number of nitrogens with one attached hydrogen (secondary N) is 1. The van der Waals surface area contributed by atoms with Crippen molar-refractivity contribution in [1.29, 1.82) is 5.26 Å². The molecule has 1 aromatic rings. The van der Waals surface area contributed by atoms with E-state index < -0.39 is 10.0 Å². The second-order valence-corrected chi connectivity index (χ2v) is 5.87. The predicted octanol–water partition coefficient (Wildman–Crippen LogP) is 0.257. The number of rotatable bonds is 5. The highest BCUT2D eigenvalue weighted by atomic mass is 32.2. The van der Waals surface area contributed by atoms with Gasteiger partial charge >= 0.3 is 0 Å². The Morgan fingerprint density at radius 3 is 2.65 bits per heavy atom. The van der Waals surface area contributed by atoms with Crippen LogP contribution in [0.1, 0.15) is 5.56 Å². The Hall–Kier alpha value is -1.65. The van der Waals surface area contributed by atoms with Crippen molar-refractivity contribution in [1.82, 2.24) is 9.29 Å². The zero-order valence-corrected chi connectivity index (χ0v) is 10.5. The third-order valence-electron chi connectivity index (χ3n) is 2.12. The van der Waals surface area contributed by atoms with E-state index in [1.165, 1.54) is 24.6 Å². The molecule has 0 spiro atoms. The van der Waals surface area contributed by atoms with E-state index in [1.54, 1.807) is 12.1 Å². The van der Waals surface area contributed by atoms with Crippen molar-refractivity contribution in [2.75, 3.05) is 31.7 Å². The van der Waals surface area contributed by atoms with Crippen LogP contribution in [-0.2, 0) is 10.0 Å². The van der Waals surface area contributed by atoms with Crippen LogP contribution in [0, 0.1) is 11.3 Å². The molecular weight excluding hydrogens is 240 g/mol. The van der Waals surface area contributed by atoms with Gasteiger partial charge in [0.2, 0.25) is 10.0 Å². The first-order chi connectivity index (χ1) is 7.95. The molecule has 0 aliphatic heterocycles. The van der Waals surface area contributed by atoms with Crippen molar-refractivity contribution in [3.05, 3.63) is 23.9 Å². The van der Waals surface area contributed by atoms with E-state index in [4.69, 9.17) is 5.26 Å². The molecule has 1 heterocycles. The molecule has 0 bridgehead atoms. The summed E-state index contributed by atoms with van der Waals surface area (Å²) in [5, 5.41) is 11.5. The Balaban J connectivity index is 2.49. The molecule has 0 aliphatic carbocycles. The van der Waals surface area contributed by atoms with Crippen molar-refractivity contribution >= 4 is 15.8 Å². The highest BCUT2D eigenvalue weighted by molar-refractivity contribution is 7.89. The van der Waals surface area contributed by atoms with Crippen molar-refractivity contribution in [2.24, 2.45) is 0 Å². The molecule has 7 heteroatoms. The van der Waals surface area contributed by atoms with Gasteiger partial charge in [-0.3, -0.25) is 0 Å². The number of hydrogen-bond donors (Lipinski definition) is 1. The molecule has 0 unspecified atom stereocenters. The largest absolute Gasteiger partial charge is 0.369 e. The normalized spacial score (nSPS) is 11.2. The van der Waals surface area contributed by atoms with Crippen molar-refractivity contribution in [2.45, 2.75) is 0 Å². The maximum atomic E-state index is 11.4. The predicted molar refractivity (Wildman–Crippen MR) is 64.9 cm³/mol. The number of anilines is 1. The van der Waals surface area contributed by atoms with Crippen LogP contribution in [-0.4, -0.2) is 44.1 Å². The fraction of sp³-hybridized carbons (Fsp3) is 0.400. The van der Waals surface area contributed by atoms with Gasteiger partial charge in [0.15, 0.2) is 0 Å². The molecule has 0 saturated heterocycles. The summed E-state index contributed by atoms with van der Waals surface area (Å²) in [6.07, 6.45) is 1.43. The van der Waals surface area contributed by atoms with E-state index in [9.17, 15) is 8.42 Å². The van der Waals surface area contributed by atoms with E-state index in [0.717, 1.165) is 0 Å². The van der Waals surface area contributed by atoms with Gasteiger partial charge in [-0.1, -0.05) is 0 Å². The molecule has 0 radical (unpaired) electrons. The van der Waals surface area contributed by atoms with Gasteiger partial charge in [0.25, 0.3) is 0 Å². The number of nitrogens with zero attached hydrogens (tertiary/aromatic N) is 3. The van der Waals surface area contributed by atoms with Crippen LogP contribution in [0.4, 0.5) is 5.82 Å². The molecule has 1 N–H and O–H groups in total. The van der Waals surface area contributed by atoms with E-state index in [-0.39, 0.29) is 12.3 Å². The molecule has 92 valence electrons. The van der Waals surface area contributed by atoms with E-state index in [0.29, 0.717) is 11.4 Å². The third-order valence-corrected chi connectivity index (χ3v) is 3.95. The highest BCUT2D eigenvalue weighted by Gasteiger charge is 2.12. The molecule has 0 amide bonds. The highest BCUT2D eigenvalue weighted by Crippen LogP contribution is 2.04. The van der Waals surface area contributed by atoms with Crippen LogP contribution in [0.25, 0.3) is 0 Å². The molecule has 1 aromatic heterocycles. The van der Waals surface area contributed by atoms with Crippen LogP contribution in [0.2, 0.25) is 0 Å². The zero-order valence-electron chi connectivity index (χ0n) is 9.71. The van der Waals surface area contributed by atoms with Gasteiger partial charge < -0.3 is 5.32 Å². The first-order valence-electron chi connectivity index (χ1n) is 4.96. The molecule has 0 saturated carbocycles. The van der Waals surface area contributed by atoms with Crippen LogP contribution in [0.5, 0.6) is 0 Å². The lowest BCUT2D eigenvalue weighted by Crippen LogP contribution is -2.28. The molecular formula is C10H14N4O2S. The topological polar surface area (TPSA) is 86.1 Å². The molecule has 0 aliphatic rings. The number of aromatic nitrogens is 1. The van der Waals surface area contributed by atoms with Crippen molar-refractivity contribution in [3.8, 4) is 6.07 Å². The fourth-order valence-corrected chi connectivity index (χ4v) is 1.78. The summed E-state index contributed by atoms with van der Waals surface area (Å²) in [5.74, 6) is 0.555. The summed E-state index contributed by atoms with van der Waals surface area (Å²) in [6, 6.07) is 5.22. The Kier molecular flexibility index (Phi) is 4.43. The van der Waals surface area contributed by atoms with Crippen LogP contribution < -0.4 is 5.32 Å². The summed E-state index contributed by atoms with van der Waals surface area (Å²) < 4.78 is 24.1. The third kappa shape index (κ3) is 4.01. The first kappa shape index (κ1) is 13.4. The average Bonchev–Trinajstić information content (AvgIpc) is 2.29. The second-order valence-electron chi connectivity index (χ2n) is 3.57. The molecule has 6 nitrogen and oxygen atoms in total. The van der Waals surface area contributed by atoms with Crippen LogP contribution >= 0.6 is 0 Å². The van der Waals surface area contributed by atoms with E-state index >= 15 is 0 Å². The van der Waals surface area contributed by atoms with Crippen molar-refractivity contribution in [3.63, 3.8) is 0 Å². The lowest BCUT2D eigenvalue weighted by atomic mass is 10.3. The number of nitriles is 1. The number of hydrogen-bond acceptors (Lipinski definition) is 5. The Labute approximate surface area is 101 Å². The Morgan fingerprint density at radius 2 is 2.18 bits per heavy atom. The summed E-state index contributed by atoms with van der Waals surface area (Å²) in [6.45, 7) is 0.277. The molecule has 0 fully saturated rings. The van der Waals surface area contributed by atoms with Gasteiger partial charge in [-0.15, -0.1) is 0 Å². The maximum absolute atomic E-state index is 11.4. The molecule has 17 heavy (non-hydrogen) atoms. The molecule has 0 aromatic carbocycles.